The summed E-state index contributed by atoms with van der Waals surface area (Å²) in [6.07, 6.45) is 0.948. The molecule has 21 heteroatoms. The van der Waals surface area contributed by atoms with Crippen LogP contribution in [-0.2, 0) is 47.8 Å². The standard InChI is InChI=1S/C10H19N3O6.C8H17N3O3.C3H7NO2.C2H5NO2/c1-4(11)9(16)18-3-6(12)10(17)19-5(2)7(13)8(14)15;9-4-2-1-3-6(11)8(13)14-7(12)5-10;1-2(4)3(5)6;3-1-2(4)5/h4-7H,3,11-13H2,1-2H3,(H,14,15);6H,1-5,9-11H2;2H,4H2,1H3,(H,5,6);1,3H2,(H,4,5)/t4-,5+,6-,7-;6-;2-;/m000./s1. The highest BCUT2D eigenvalue weighted by Gasteiger charge is 2.27. The van der Waals surface area contributed by atoms with Gasteiger partial charge in [-0.3, -0.25) is 28.8 Å². The SMILES string of the molecule is C[C@H](N)C(=O)O.C[C@H](N)C(=O)OC[C@H](N)C(=O)O[C@H](C)[C@H](N)C(=O)O.NCC(=O)O.NCCCC[C@H](N)C(=O)OC(=O)CN. The first kappa shape index (κ1) is 47.1. The van der Waals surface area contributed by atoms with Gasteiger partial charge in [-0.1, -0.05) is 6.42 Å². The van der Waals surface area contributed by atoms with Crippen LogP contribution in [0.4, 0.5) is 0 Å². The maximum Gasteiger partial charge on any atom is 0.330 e. The molecule has 0 aliphatic rings. The van der Waals surface area contributed by atoms with Crippen LogP contribution in [0.15, 0.2) is 0 Å². The minimum absolute atomic E-state index is 0.278. The van der Waals surface area contributed by atoms with E-state index >= 15 is 0 Å². The van der Waals surface area contributed by atoms with E-state index in [0.29, 0.717) is 13.0 Å². The molecule has 0 bridgehead atoms. The zero-order chi connectivity index (χ0) is 35.6. The van der Waals surface area contributed by atoms with Gasteiger partial charge in [-0.15, -0.1) is 0 Å². The molecule has 19 N–H and O–H groups in total. The van der Waals surface area contributed by atoms with Crippen molar-refractivity contribution in [1.29, 1.82) is 0 Å². The van der Waals surface area contributed by atoms with E-state index in [1.807, 2.05) is 0 Å². The Labute approximate surface area is 253 Å². The van der Waals surface area contributed by atoms with Crippen molar-refractivity contribution in [3.63, 3.8) is 0 Å². The van der Waals surface area contributed by atoms with Crippen molar-refractivity contribution in [1.82, 2.24) is 0 Å². The number of hydrogen-bond donors (Lipinski definition) is 11. The Morgan fingerprint density at radius 1 is 0.659 bits per heavy atom. The van der Waals surface area contributed by atoms with Gasteiger partial charge in [0.1, 0.15) is 42.9 Å². The summed E-state index contributed by atoms with van der Waals surface area (Å²) >= 11 is 0. The predicted octanol–water partition coefficient (Wildman–Crippen LogP) is -5.53. The van der Waals surface area contributed by atoms with Crippen molar-refractivity contribution < 1.29 is 63.1 Å². The highest BCUT2D eigenvalue weighted by molar-refractivity contribution is 5.89. The van der Waals surface area contributed by atoms with Gasteiger partial charge in [0.2, 0.25) is 0 Å². The fourth-order valence-corrected chi connectivity index (χ4v) is 1.77. The Balaban J connectivity index is -0.000000277. The highest BCUT2D eigenvalue weighted by atomic mass is 16.6. The van der Waals surface area contributed by atoms with Crippen LogP contribution in [0.1, 0.15) is 40.0 Å². The molecular formula is C23H48N8O13. The zero-order valence-electron chi connectivity index (χ0n) is 25.0. The summed E-state index contributed by atoms with van der Waals surface area (Å²) in [4.78, 5) is 73.5. The second kappa shape index (κ2) is 28.0. The highest BCUT2D eigenvalue weighted by Crippen LogP contribution is 2.01. The van der Waals surface area contributed by atoms with Crippen molar-refractivity contribution in [3.05, 3.63) is 0 Å². The molecule has 0 aliphatic carbocycles. The third-order valence-electron chi connectivity index (χ3n) is 4.39. The van der Waals surface area contributed by atoms with Gasteiger partial charge in [-0.05, 0) is 40.2 Å². The largest absolute Gasteiger partial charge is 0.480 e. The van der Waals surface area contributed by atoms with Gasteiger partial charge in [-0.2, -0.15) is 0 Å². The molecule has 0 saturated carbocycles. The monoisotopic (exact) mass is 644 g/mol. The summed E-state index contributed by atoms with van der Waals surface area (Å²) < 4.78 is 13.7. The number of hydrogen-bond acceptors (Lipinski definition) is 18. The predicted molar refractivity (Wildman–Crippen MR) is 153 cm³/mol. The number of rotatable bonds is 15. The minimum Gasteiger partial charge on any atom is -0.480 e. The quantitative estimate of drug-likeness (QED) is 0.0342. The molecule has 6 atom stereocenters. The molecule has 0 unspecified atom stereocenters. The van der Waals surface area contributed by atoms with Crippen LogP contribution in [-0.4, -0.2) is 120 Å². The molecule has 0 saturated heterocycles. The molecule has 0 aliphatic heterocycles. The number of esters is 4. The Hall–Kier alpha value is -3.83. The number of carboxylic acids is 3. The van der Waals surface area contributed by atoms with Crippen molar-refractivity contribution >= 4 is 41.8 Å². The summed E-state index contributed by atoms with van der Waals surface area (Å²) in [5.74, 6) is -6.35. The van der Waals surface area contributed by atoms with Gasteiger partial charge in [0.25, 0.3) is 0 Å². The van der Waals surface area contributed by atoms with Crippen LogP contribution >= 0.6 is 0 Å². The topological polar surface area (TPSA) is 416 Å². The summed E-state index contributed by atoms with van der Waals surface area (Å²) in [6.45, 7) is 3.71. The third-order valence-corrected chi connectivity index (χ3v) is 4.39. The Morgan fingerprint density at radius 2 is 1.14 bits per heavy atom. The molecule has 0 aromatic rings. The first-order valence-electron chi connectivity index (χ1n) is 12.9. The lowest BCUT2D eigenvalue weighted by Crippen LogP contribution is -2.46. The molecule has 0 radical (unpaired) electrons. The molecule has 21 nitrogen and oxygen atoms in total. The summed E-state index contributed by atoms with van der Waals surface area (Å²) in [5.41, 5.74) is 41.0. The van der Waals surface area contributed by atoms with E-state index in [4.69, 9.17) is 60.2 Å². The summed E-state index contributed by atoms with van der Waals surface area (Å²) in [7, 11) is 0. The Bertz CT molecular complexity index is 890. The van der Waals surface area contributed by atoms with Crippen molar-refractivity contribution in [2.45, 2.75) is 76.3 Å². The maximum absolute atomic E-state index is 11.4. The molecule has 0 fully saturated rings. The average Bonchev–Trinajstić information content (AvgIpc) is 2.95. The van der Waals surface area contributed by atoms with Gasteiger partial charge in [0, 0.05) is 0 Å². The summed E-state index contributed by atoms with van der Waals surface area (Å²) in [6, 6.07) is -4.92. The van der Waals surface area contributed by atoms with Crippen LogP contribution in [0.3, 0.4) is 0 Å². The van der Waals surface area contributed by atoms with E-state index in [1.54, 1.807) is 0 Å². The van der Waals surface area contributed by atoms with Crippen molar-refractivity contribution in [3.8, 4) is 0 Å². The lowest BCUT2D eigenvalue weighted by molar-refractivity contribution is -0.160. The Morgan fingerprint density at radius 3 is 1.48 bits per heavy atom. The lowest BCUT2D eigenvalue weighted by Gasteiger charge is -2.19. The number of carboxylic acid groups (broad SMARTS) is 3. The molecule has 0 heterocycles. The Kier molecular flexibility index (Phi) is 29.9. The normalized spacial score (nSPS) is 13.9. The van der Waals surface area contributed by atoms with E-state index in [2.05, 4.69) is 15.2 Å². The van der Waals surface area contributed by atoms with Gasteiger partial charge in [0.05, 0.1) is 13.1 Å². The number of carbonyl (C=O) groups excluding carboxylic acids is 4. The van der Waals surface area contributed by atoms with Gasteiger partial charge in [0.15, 0.2) is 0 Å². The lowest BCUT2D eigenvalue weighted by atomic mass is 10.1. The van der Waals surface area contributed by atoms with Crippen molar-refractivity contribution in [2.24, 2.45) is 45.9 Å². The maximum atomic E-state index is 11.4. The summed E-state index contributed by atoms with van der Waals surface area (Å²) in [5, 5.41) is 24.1. The number of ether oxygens (including phenoxy) is 3. The number of nitrogens with two attached hydrogens (primary N) is 8. The molecule has 0 spiro atoms. The minimum atomic E-state index is -1.36. The second-order valence-electron chi connectivity index (χ2n) is 8.64. The first-order valence-corrected chi connectivity index (χ1v) is 12.9. The average molecular weight is 645 g/mol. The number of aliphatic carboxylic acids is 3. The van der Waals surface area contributed by atoms with Crippen molar-refractivity contribution in [2.75, 3.05) is 26.2 Å². The number of carbonyl (C=O) groups is 7. The molecular weight excluding hydrogens is 596 g/mol. The van der Waals surface area contributed by atoms with E-state index in [1.165, 1.54) is 20.8 Å². The second-order valence-corrected chi connectivity index (χ2v) is 8.64. The molecule has 44 heavy (non-hydrogen) atoms. The van der Waals surface area contributed by atoms with Crippen LogP contribution in [0.2, 0.25) is 0 Å². The third kappa shape index (κ3) is 29.7. The van der Waals surface area contributed by atoms with E-state index in [-0.39, 0.29) is 13.1 Å². The molecule has 258 valence electrons. The smallest absolute Gasteiger partial charge is 0.330 e. The fourth-order valence-electron chi connectivity index (χ4n) is 1.77. The van der Waals surface area contributed by atoms with Gasteiger partial charge < -0.3 is 75.4 Å². The van der Waals surface area contributed by atoms with E-state index < -0.39 is 84.7 Å². The molecule has 0 aromatic heterocycles. The van der Waals surface area contributed by atoms with Gasteiger partial charge >= 0.3 is 41.8 Å². The van der Waals surface area contributed by atoms with Crippen LogP contribution in [0.5, 0.6) is 0 Å². The van der Waals surface area contributed by atoms with Crippen LogP contribution < -0.4 is 45.9 Å². The number of unbranched alkanes of at least 4 members (excludes halogenated alkanes) is 1. The van der Waals surface area contributed by atoms with E-state index in [9.17, 15) is 33.6 Å². The van der Waals surface area contributed by atoms with Crippen LogP contribution in [0, 0.1) is 0 Å². The van der Waals surface area contributed by atoms with E-state index in [0.717, 1.165) is 12.8 Å². The fraction of sp³-hybridized carbons (Fsp3) is 0.696. The molecule has 0 amide bonds. The van der Waals surface area contributed by atoms with Gasteiger partial charge in [-0.25, -0.2) is 4.79 Å². The first-order chi connectivity index (χ1) is 20.2. The zero-order valence-corrected chi connectivity index (χ0v) is 25.0. The van der Waals surface area contributed by atoms with Crippen LogP contribution in [0.25, 0.3) is 0 Å². The molecule has 0 rings (SSSR count). The molecule has 0 aromatic carbocycles.